The summed E-state index contributed by atoms with van der Waals surface area (Å²) in [6, 6.07) is 6.50. The summed E-state index contributed by atoms with van der Waals surface area (Å²) in [7, 11) is 5.05. The molecule has 0 aromatic heterocycles. The average Bonchev–Trinajstić information content (AvgIpc) is 2.65. The first-order valence-corrected chi connectivity index (χ1v) is 9.73. The largest absolute Gasteiger partial charge is 0.383 e. The molecule has 0 saturated heterocycles. The van der Waals surface area contributed by atoms with E-state index in [0.29, 0.717) is 13.2 Å². The summed E-state index contributed by atoms with van der Waals surface area (Å²) in [5, 5.41) is 3.07. The minimum absolute atomic E-state index is 0.0263. The second kappa shape index (κ2) is 10.4. The van der Waals surface area contributed by atoms with Crippen molar-refractivity contribution in [2.45, 2.75) is 38.6 Å². The predicted molar refractivity (Wildman–Crippen MR) is 107 cm³/mol. The summed E-state index contributed by atoms with van der Waals surface area (Å²) < 4.78 is 5.10. The van der Waals surface area contributed by atoms with E-state index in [4.69, 9.17) is 4.74 Å². The lowest BCUT2D eigenvalue weighted by Crippen LogP contribution is -2.44. The molecule has 0 saturated carbocycles. The van der Waals surface area contributed by atoms with E-state index in [1.54, 1.807) is 21.2 Å². The maximum atomic E-state index is 12.5. The summed E-state index contributed by atoms with van der Waals surface area (Å²) in [6.07, 6.45) is 4.79. The number of ether oxygens (including phenoxy) is 1. The molecule has 0 fully saturated rings. The highest BCUT2D eigenvalue weighted by molar-refractivity contribution is 5.81. The second-order valence-corrected chi connectivity index (χ2v) is 7.52. The van der Waals surface area contributed by atoms with Gasteiger partial charge in [-0.25, -0.2) is 0 Å². The number of carbonyl (C=O) groups excluding carboxylic acids is 2. The molecule has 27 heavy (non-hydrogen) atoms. The zero-order valence-corrected chi connectivity index (χ0v) is 17.1. The Bertz CT molecular complexity index is 646. The number of rotatable bonds is 9. The Morgan fingerprint density at radius 3 is 2.52 bits per heavy atom. The lowest BCUT2D eigenvalue weighted by atomic mass is 9.89. The highest BCUT2D eigenvalue weighted by atomic mass is 16.5. The molecule has 0 radical (unpaired) electrons. The van der Waals surface area contributed by atoms with Crippen LogP contribution < -0.4 is 5.32 Å². The number of hydrogen-bond donors (Lipinski definition) is 1. The highest BCUT2D eigenvalue weighted by Crippen LogP contribution is 2.24. The SMILES string of the molecule is COCCN(CC(=O)NC(C)c1ccc2c(c1)CCCC2)CC(=O)N(C)C. The standard InChI is InChI=1S/C21H33N3O3/c1-16(18-10-9-17-7-5-6-8-19(17)13-18)22-20(25)14-24(11-12-27-4)15-21(26)23(2)3/h9-10,13,16H,5-8,11-12,14-15H2,1-4H3,(H,22,25). The molecule has 1 N–H and O–H groups in total. The number of aryl methyl sites for hydroxylation is 2. The van der Waals surface area contributed by atoms with E-state index in [-0.39, 0.29) is 30.9 Å². The van der Waals surface area contributed by atoms with Crippen LogP contribution in [0.15, 0.2) is 18.2 Å². The van der Waals surface area contributed by atoms with Crippen LogP contribution in [-0.4, -0.2) is 69.1 Å². The minimum atomic E-state index is -0.0807. The minimum Gasteiger partial charge on any atom is -0.383 e. The molecule has 0 spiro atoms. The fraction of sp³-hybridized carbons (Fsp3) is 0.619. The molecular formula is C21H33N3O3. The van der Waals surface area contributed by atoms with Gasteiger partial charge in [-0.1, -0.05) is 18.2 Å². The monoisotopic (exact) mass is 375 g/mol. The van der Waals surface area contributed by atoms with Crippen molar-refractivity contribution in [3.05, 3.63) is 34.9 Å². The normalized spacial score (nSPS) is 14.6. The first kappa shape index (κ1) is 21.4. The van der Waals surface area contributed by atoms with Gasteiger partial charge in [0, 0.05) is 27.7 Å². The second-order valence-electron chi connectivity index (χ2n) is 7.52. The molecule has 1 unspecified atom stereocenters. The van der Waals surface area contributed by atoms with E-state index in [2.05, 4.69) is 23.5 Å². The maximum absolute atomic E-state index is 12.5. The molecule has 0 bridgehead atoms. The number of likely N-dealkylation sites (N-methyl/N-ethyl adjacent to an activating group) is 1. The van der Waals surface area contributed by atoms with E-state index in [0.717, 1.165) is 18.4 Å². The molecule has 6 nitrogen and oxygen atoms in total. The Morgan fingerprint density at radius 2 is 1.85 bits per heavy atom. The Balaban J connectivity index is 1.94. The number of amides is 2. The molecule has 1 atom stereocenters. The van der Waals surface area contributed by atoms with Gasteiger partial charge in [0.1, 0.15) is 0 Å². The molecule has 1 aromatic rings. The van der Waals surface area contributed by atoms with E-state index < -0.39 is 0 Å². The Morgan fingerprint density at radius 1 is 1.15 bits per heavy atom. The van der Waals surface area contributed by atoms with Crippen LogP contribution in [0.1, 0.15) is 42.5 Å². The Kier molecular flexibility index (Phi) is 8.25. The van der Waals surface area contributed by atoms with Gasteiger partial charge in [-0.05, 0) is 49.3 Å². The van der Waals surface area contributed by atoms with Crippen LogP contribution in [0, 0.1) is 0 Å². The number of carbonyl (C=O) groups is 2. The number of nitrogens with one attached hydrogen (secondary N) is 1. The zero-order chi connectivity index (χ0) is 19.8. The topological polar surface area (TPSA) is 61.9 Å². The summed E-state index contributed by atoms with van der Waals surface area (Å²) >= 11 is 0. The third kappa shape index (κ3) is 6.63. The number of benzene rings is 1. The van der Waals surface area contributed by atoms with Gasteiger partial charge in [0.05, 0.1) is 25.7 Å². The Labute approximate surface area is 162 Å². The third-order valence-electron chi connectivity index (χ3n) is 5.09. The maximum Gasteiger partial charge on any atom is 0.236 e. The predicted octanol–water partition coefficient (Wildman–Crippen LogP) is 1.78. The zero-order valence-electron chi connectivity index (χ0n) is 17.1. The number of fused-ring (bicyclic) bond motifs is 1. The van der Waals surface area contributed by atoms with Gasteiger partial charge in [-0.3, -0.25) is 14.5 Å². The summed E-state index contributed by atoms with van der Waals surface area (Å²) in [5.41, 5.74) is 3.99. The number of methoxy groups -OCH3 is 1. The molecule has 6 heteroatoms. The van der Waals surface area contributed by atoms with E-state index >= 15 is 0 Å². The van der Waals surface area contributed by atoms with Gasteiger partial charge in [-0.15, -0.1) is 0 Å². The van der Waals surface area contributed by atoms with Crippen molar-refractivity contribution in [2.24, 2.45) is 0 Å². The fourth-order valence-electron chi connectivity index (χ4n) is 3.36. The van der Waals surface area contributed by atoms with Crippen LogP contribution in [0.25, 0.3) is 0 Å². The van der Waals surface area contributed by atoms with Gasteiger partial charge in [-0.2, -0.15) is 0 Å². The summed E-state index contributed by atoms with van der Waals surface area (Å²) in [6.45, 7) is 3.41. The average molecular weight is 376 g/mol. The molecule has 0 heterocycles. The van der Waals surface area contributed by atoms with E-state index in [1.807, 2.05) is 11.8 Å². The van der Waals surface area contributed by atoms with Crippen LogP contribution >= 0.6 is 0 Å². The van der Waals surface area contributed by atoms with Gasteiger partial charge in [0.15, 0.2) is 0 Å². The Hall–Kier alpha value is -1.92. The summed E-state index contributed by atoms with van der Waals surface area (Å²) in [4.78, 5) is 27.9. The van der Waals surface area contributed by atoms with Crippen molar-refractivity contribution < 1.29 is 14.3 Å². The summed E-state index contributed by atoms with van der Waals surface area (Å²) in [5.74, 6) is -0.107. The van der Waals surface area contributed by atoms with Gasteiger partial charge >= 0.3 is 0 Å². The molecular weight excluding hydrogens is 342 g/mol. The van der Waals surface area contributed by atoms with Crippen molar-refractivity contribution in [1.29, 1.82) is 0 Å². The van der Waals surface area contributed by atoms with Crippen LogP contribution in [0.3, 0.4) is 0 Å². The first-order valence-electron chi connectivity index (χ1n) is 9.73. The van der Waals surface area contributed by atoms with Crippen LogP contribution in [0.5, 0.6) is 0 Å². The molecule has 1 aromatic carbocycles. The quantitative estimate of drug-likeness (QED) is 0.715. The van der Waals surface area contributed by atoms with Crippen molar-refractivity contribution in [1.82, 2.24) is 15.1 Å². The smallest absolute Gasteiger partial charge is 0.236 e. The highest BCUT2D eigenvalue weighted by Gasteiger charge is 2.18. The van der Waals surface area contributed by atoms with E-state index in [1.165, 1.54) is 28.9 Å². The molecule has 150 valence electrons. The number of nitrogens with zero attached hydrogens (tertiary/aromatic N) is 2. The van der Waals surface area contributed by atoms with Crippen molar-refractivity contribution >= 4 is 11.8 Å². The van der Waals surface area contributed by atoms with Crippen LogP contribution in [0.2, 0.25) is 0 Å². The first-order chi connectivity index (χ1) is 12.9. The molecule has 1 aliphatic rings. The lowest BCUT2D eigenvalue weighted by molar-refractivity contribution is -0.131. The van der Waals surface area contributed by atoms with Gasteiger partial charge in [0.2, 0.25) is 11.8 Å². The third-order valence-corrected chi connectivity index (χ3v) is 5.09. The van der Waals surface area contributed by atoms with Crippen LogP contribution in [-0.2, 0) is 27.2 Å². The molecule has 0 aliphatic heterocycles. The van der Waals surface area contributed by atoms with Gasteiger partial charge < -0.3 is 15.0 Å². The number of hydrogen-bond acceptors (Lipinski definition) is 4. The molecule has 1 aliphatic carbocycles. The molecule has 2 rings (SSSR count). The van der Waals surface area contributed by atoms with Crippen molar-refractivity contribution in [2.75, 3.05) is 47.4 Å². The van der Waals surface area contributed by atoms with Gasteiger partial charge in [0.25, 0.3) is 0 Å². The van der Waals surface area contributed by atoms with Crippen molar-refractivity contribution in [3.8, 4) is 0 Å². The van der Waals surface area contributed by atoms with Crippen LogP contribution in [0.4, 0.5) is 0 Å². The van der Waals surface area contributed by atoms with E-state index in [9.17, 15) is 9.59 Å². The fourth-order valence-corrected chi connectivity index (χ4v) is 3.36. The lowest BCUT2D eigenvalue weighted by Gasteiger charge is -2.24. The van der Waals surface area contributed by atoms with Crippen molar-refractivity contribution in [3.63, 3.8) is 0 Å². The molecule has 2 amide bonds.